The van der Waals surface area contributed by atoms with Gasteiger partial charge in [0.2, 0.25) is 0 Å². The van der Waals surface area contributed by atoms with Crippen LogP contribution in [-0.4, -0.2) is 32.2 Å². The average Bonchev–Trinajstić information content (AvgIpc) is 2.61. The van der Waals surface area contributed by atoms with Crippen LogP contribution in [0, 0.1) is 0 Å². The highest BCUT2D eigenvalue weighted by Gasteiger charge is 2.18. The number of carbonyl (C=O) groups excluding carboxylic acids is 2. The molecular formula is C17H15NO5. The normalized spacial score (nSPS) is 12.4. The van der Waals surface area contributed by atoms with Gasteiger partial charge < -0.3 is 19.5 Å². The van der Waals surface area contributed by atoms with Crippen LogP contribution in [-0.2, 0) is 4.74 Å². The number of methoxy groups -OCH3 is 1. The van der Waals surface area contributed by atoms with E-state index in [0.717, 1.165) is 0 Å². The van der Waals surface area contributed by atoms with Gasteiger partial charge in [-0.05, 0) is 24.3 Å². The Morgan fingerprint density at radius 1 is 1.00 bits per heavy atom. The number of anilines is 1. The fourth-order valence-corrected chi connectivity index (χ4v) is 2.29. The molecule has 23 heavy (non-hydrogen) atoms. The zero-order chi connectivity index (χ0) is 16.2. The summed E-state index contributed by atoms with van der Waals surface area (Å²) in [7, 11) is 1.28. The van der Waals surface area contributed by atoms with Crippen molar-refractivity contribution < 1.29 is 23.8 Å². The van der Waals surface area contributed by atoms with Crippen LogP contribution in [0.1, 0.15) is 20.7 Å². The van der Waals surface area contributed by atoms with E-state index in [4.69, 9.17) is 14.2 Å². The minimum Gasteiger partial charge on any atom is -0.486 e. The molecule has 0 unspecified atom stereocenters. The number of nitrogens with one attached hydrogen (secondary N) is 1. The molecule has 6 nitrogen and oxygen atoms in total. The molecule has 118 valence electrons. The van der Waals surface area contributed by atoms with Gasteiger partial charge in [-0.25, -0.2) is 4.79 Å². The molecule has 0 spiro atoms. The first-order chi connectivity index (χ1) is 11.2. The smallest absolute Gasteiger partial charge is 0.338 e. The van der Waals surface area contributed by atoms with E-state index in [1.807, 2.05) is 0 Å². The summed E-state index contributed by atoms with van der Waals surface area (Å²) >= 11 is 0. The Morgan fingerprint density at radius 2 is 1.70 bits per heavy atom. The van der Waals surface area contributed by atoms with Gasteiger partial charge in [-0.2, -0.15) is 0 Å². The molecular weight excluding hydrogens is 298 g/mol. The van der Waals surface area contributed by atoms with E-state index >= 15 is 0 Å². The van der Waals surface area contributed by atoms with Gasteiger partial charge in [0, 0.05) is 11.8 Å². The average molecular weight is 313 g/mol. The topological polar surface area (TPSA) is 73.9 Å². The Labute approximate surface area is 133 Å². The summed E-state index contributed by atoms with van der Waals surface area (Å²) in [6, 6.07) is 11.6. The number of fused-ring (bicyclic) bond motifs is 1. The lowest BCUT2D eigenvalue weighted by Gasteiger charge is -2.19. The van der Waals surface area contributed by atoms with Crippen molar-refractivity contribution in [2.75, 3.05) is 25.6 Å². The van der Waals surface area contributed by atoms with Crippen LogP contribution in [0.2, 0.25) is 0 Å². The number of rotatable bonds is 3. The summed E-state index contributed by atoms with van der Waals surface area (Å²) in [5.41, 5.74) is 1.01. The maximum atomic E-state index is 12.4. The number of esters is 1. The summed E-state index contributed by atoms with van der Waals surface area (Å²) in [6.45, 7) is 0.973. The minimum atomic E-state index is -0.557. The Morgan fingerprint density at radius 3 is 2.43 bits per heavy atom. The van der Waals surface area contributed by atoms with Crippen molar-refractivity contribution in [3.05, 3.63) is 53.6 Å². The van der Waals surface area contributed by atoms with Gasteiger partial charge >= 0.3 is 5.97 Å². The van der Waals surface area contributed by atoms with Gasteiger partial charge in [0.25, 0.3) is 5.91 Å². The van der Waals surface area contributed by atoms with Crippen molar-refractivity contribution in [2.24, 2.45) is 0 Å². The summed E-state index contributed by atoms with van der Waals surface area (Å²) in [5.74, 6) is 0.264. The van der Waals surface area contributed by atoms with Crippen LogP contribution in [0.5, 0.6) is 11.5 Å². The third kappa shape index (κ3) is 3.11. The van der Waals surface area contributed by atoms with Crippen LogP contribution in [0.3, 0.4) is 0 Å². The second-order valence-corrected chi connectivity index (χ2v) is 4.85. The molecule has 0 fully saturated rings. The number of hydrogen-bond donors (Lipinski definition) is 1. The van der Waals surface area contributed by atoms with Crippen molar-refractivity contribution in [3.8, 4) is 11.5 Å². The first-order valence-electron chi connectivity index (χ1n) is 7.07. The Bertz CT molecular complexity index is 756. The largest absolute Gasteiger partial charge is 0.486 e. The number of ether oxygens (including phenoxy) is 3. The summed E-state index contributed by atoms with van der Waals surface area (Å²) in [4.78, 5) is 24.2. The zero-order valence-electron chi connectivity index (χ0n) is 12.5. The first kappa shape index (κ1) is 14.9. The fourth-order valence-electron chi connectivity index (χ4n) is 2.29. The highest BCUT2D eigenvalue weighted by molar-refractivity contribution is 6.11. The first-order valence-corrected chi connectivity index (χ1v) is 7.07. The van der Waals surface area contributed by atoms with Crippen LogP contribution in [0.4, 0.5) is 5.69 Å². The Hall–Kier alpha value is -3.02. The predicted octanol–water partition coefficient (Wildman–Crippen LogP) is 2.50. The molecule has 0 aliphatic carbocycles. The minimum absolute atomic E-state index is 0.213. The van der Waals surface area contributed by atoms with Crippen molar-refractivity contribution in [3.63, 3.8) is 0 Å². The summed E-state index contributed by atoms with van der Waals surface area (Å²) in [6.07, 6.45) is 0. The molecule has 2 aromatic rings. The van der Waals surface area contributed by atoms with Gasteiger partial charge in [-0.3, -0.25) is 4.79 Å². The summed E-state index contributed by atoms with van der Waals surface area (Å²) in [5, 5.41) is 2.75. The van der Waals surface area contributed by atoms with E-state index in [1.165, 1.54) is 7.11 Å². The molecule has 2 aromatic carbocycles. The van der Waals surface area contributed by atoms with E-state index in [1.54, 1.807) is 42.5 Å². The third-order valence-electron chi connectivity index (χ3n) is 3.38. The fraction of sp³-hybridized carbons (Fsp3) is 0.176. The maximum absolute atomic E-state index is 12.4. The SMILES string of the molecule is COC(=O)c1ccccc1C(=O)Nc1ccc2c(c1)OCCO2. The maximum Gasteiger partial charge on any atom is 0.338 e. The van der Waals surface area contributed by atoms with Crippen LogP contribution in [0.15, 0.2) is 42.5 Å². The molecule has 0 radical (unpaired) electrons. The molecule has 1 amide bonds. The third-order valence-corrected chi connectivity index (χ3v) is 3.38. The number of hydrogen-bond acceptors (Lipinski definition) is 5. The molecule has 0 bridgehead atoms. The molecule has 0 saturated carbocycles. The van der Waals surface area contributed by atoms with Gasteiger partial charge in [0.15, 0.2) is 11.5 Å². The van der Waals surface area contributed by atoms with Crippen molar-refractivity contribution >= 4 is 17.6 Å². The van der Waals surface area contributed by atoms with Gasteiger partial charge in [0.1, 0.15) is 13.2 Å². The second-order valence-electron chi connectivity index (χ2n) is 4.85. The molecule has 0 saturated heterocycles. The van der Waals surface area contributed by atoms with E-state index < -0.39 is 11.9 Å². The number of amides is 1. The van der Waals surface area contributed by atoms with Gasteiger partial charge in [-0.1, -0.05) is 12.1 Å². The monoisotopic (exact) mass is 313 g/mol. The molecule has 0 atom stereocenters. The molecule has 1 N–H and O–H groups in total. The van der Waals surface area contributed by atoms with Gasteiger partial charge in [0.05, 0.1) is 18.2 Å². The van der Waals surface area contributed by atoms with Crippen LogP contribution >= 0.6 is 0 Å². The molecule has 1 aliphatic rings. The van der Waals surface area contributed by atoms with E-state index in [0.29, 0.717) is 30.4 Å². The number of benzene rings is 2. The molecule has 6 heteroatoms. The van der Waals surface area contributed by atoms with E-state index in [-0.39, 0.29) is 11.1 Å². The Balaban J connectivity index is 1.84. The van der Waals surface area contributed by atoms with E-state index in [9.17, 15) is 9.59 Å². The quantitative estimate of drug-likeness (QED) is 0.881. The standard InChI is InChI=1S/C17H15NO5/c1-21-17(20)13-5-3-2-4-12(13)16(19)18-11-6-7-14-15(10-11)23-9-8-22-14/h2-7,10H,8-9H2,1H3,(H,18,19). The molecule has 1 aliphatic heterocycles. The van der Waals surface area contributed by atoms with Crippen molar-refractivity contribution in [1.82, 2.24) is 0 Å². The lowest BCUT2D eigenvalue weighted by Crippen LogP contribution is -2.18. The Kier molecular flexibility index (Phi) is 4.14. The lowest BCUT2D eigenvalue weighted by atomic mass is 10.1. The van der Waals surface area contributed by atoms with Crippen molar-refractivity contribution in [2.45, 2.75) is 0 Å². The number of carbonyl (C=O) groups is 2. The molecule has 1 heterocycles. The van der Waals surface area contributed by atoms with E-state index in [2.05, 4.69) is 5.32 Å². The zero-order valence-corrected chi connectivity index (χ0v) is 12.5. The predicted molar refractivity (Wildman–Crippen MR) is 83.2 cm³/mol. The highest BCUT2D eigenvalue weighted by Crippen LogP contribution is 2.32. The second kappa shape index (κ2) is 6.39. The van der Waals surface area contributed by atoms with Crippen LogP contribution < -0.4 is 14.8 Å². The van der Waals surface area contributed by atoms with Crippen LogP contribution in [0.25, 0.3) is 0 Å². The highest BCUT2D eigenvalue weighted by atomic mass is 16.6. The molecule has 0 aromatic heterocycles. The lowest BCUT2D eigenvalue weighted by molar-refractivity contribution is 0.0597. The van der Waals surface area contributed by atoms with Crippen molar-refractivity contribution in [1.29, 1.82) is 0 Å². The summed E-state index contributed by atoms with van der Waals surface area (Å²) < 4.78 is 15.6. The molecule has 3 rings (SSSR count). The van der Waals surface area contributed by atoms with Gasteiger partial charge in [-0.15, -0.1) is 0 Å².